The van der Waals surface area contributed by atoms with Gasteiger partial charge in [-0.2, -0.15) is 0 Å². The lowest BCUT2D eigenvalue weighted by Gasteiger charge is -2.08. The average Bonchev–Trinajstić information content (AvgIpc) is 2.28. The molecular weight excluding hydrogens is 333 g/mol. The Labute approximate surface area is 114 Å². The minimum atomic E-state index is -0.435. The Morgan fingerprint density at radius 3 is 2.65 bits per heavy atom. The Morgan fingerprint density at radius 1 is 1.41 bits per heavy atom. The van der Waals surface area contributed by atoms with Crippen LogP contribution in [0.4, 0.5) is 0 Å². The molecule has 5 heteroatoms. The molecule has 0 saturated heterocycles. The molecule has 17 heavy (non-hydrogen) atoms. The van der Waals surface area contributed by atoms with Crippen molar-refractivity contribution in [3.05, 3.63) is 27.3 Å². The van der Waals surface area contributed by atoms with Crippen molar-refractivity contribution >= 4 is 34.3 Å². The van der Waals surface area contributed by atoms with E-state index in [4.69, 9.17) is 0 Å². The lowest BCUT2D eigenvalue weighted by molar-refractivity contribution is -0.120. The first-order valence-electron chi connectivity index (χ1n) is 5.21. The summed E-state index contributed by atoms with van der Waals surface area (Å²) in [6, 6.07) is 4.73. The lowest BCUT2D eigenvalue weighted by atomic mass is 10.1. The minimum absolute atomic E-state index is 0.0125. The predicted molar refractivity (Wildman–Crippen MR) is 73.0 cm³/mol. The molecule has 0 aliphatic heterocycles. The average molecular weight is 347 g/mol. The van der Waals surface area contributed by atoms with Crippen molar-refractivity contribution < 1.29 is 14.7 Å². The second-order valence-electron chi connectivity index (χ2n) is 3.97. The zero-order valence-electron chi connectivity index (χ0n) is 9.66. The van der Waals surface area contributed by atoms with Crippen LogP contribution >= 0.6 is 22.6 Å². The molecule has 0 atom stereocenters. The van der Waals surface area contributed by atoms with E-state index in [1.807, 2.05) is 22.6 Å². The van der Waals surface area contributed by atoms with Gasteiger partial charge in [0.25, 0.3) is 5.91 Å². The number of Topliss-reactive ketones (excluding diaryl/α,β-unsaturated/α-hetero) is 1. The lowest BCUT2D eigenvalue weighted by Crippen LogP contribution is -2.31. The Kier molecular flexibility index (Phi) is 4.92. The molecule has 92 valence electrons. The van der Waals surface area contributed by atoms with Gasteiger partial charge in [0.2, 0.25) is 0 Å². The SMILES string of the molecule is CC(C)C(=O)CNC(=O)c1cc(I)ccc1O. The molecule has 0 fully saturated rings. The first-order chi connectivity index (χ1) is 7.91. The highest BCUT2D eigenvalue weighted by atomic mass is 127. The van der Waals surface area contributed by atoms with E-state index in [9.17, 15) is 14.7 Å². The molecule has 0 aliphatic carbocycles. The van der Waals surface area contributed by atoms with E-state index in [1.54, 1.807) is 26.0 Å². The van der Waals surface area contributed by atoms with Gasteiger partial charge in [-0.15, -0.1) is 0 Å². The van der Waals surface area contributed by atoms with Crippen LogP contribution in [0.2, 0.25) is 0 Å². The van der Waals surface area contributed by atoms with Crippen molar-refractivity contribution in [2.45, 2.75) is 13.8 Å². The molecule has 1 amide bonds. The Bertz CT molecular complexity index is 443. The number of amides is 1. The number of carbonyl (C=O) groups is 2. The van der Waals surface area contributed by atoms with E-state index in [-0.39, 0.29) is 29.6 Å². The summed E-state index contributed by atoms with van der Waals surface area (Å²) >= 11 is 2.05. The van der Waals surface area contributed by atoms with Crippen LogP contribution in [0, 0.1) is 9.49 Å². The number of aromatic hydroxyl groups is 1. The number of nitrogens with one attached hydrogen (secondary N) is 1. The number of ketones is 1. The topological polar surface area (TPSA) is 66.4 Å². The largest absolute Gasteiger partial charge is 0.507 e. The maximum absolute atomic E-state index is 11.7. The Hall–Kier alpha value is -1.11. The molecule has 0 unspecified atom stereocenters. The Morgan fingerprint density at radius 2 is 2.06 bits per heavy atom. The van der Waals surface area contributed by atoms with Crippen molar-refractivity contribution in [2.75, 3.05) is 6.54 Å². The predicted octanol–water partition coefficient (Wildman–Crippen LogP) is 1.95. The van der Waals surface area contributed by atoms with Gasteiger partial charge in [-0.3, -0.25) is 9.59 Å². The zero-order chi connectivity index (χ0) is 13.0. The monoisotopic (exact) mass is 347 g/mol. The molecule has 4 nitrogen and oxygen atoms in total. The van der Waals surface area contributed by atoms with Crippen LogP contribution in [-0.2, 0) is 4.79 Å². The summed E-state index contributed by atoms with van der Waals surface area (Å²) in [7, 11) is 0. The van der Waals surface area contributed by atoms with Crippen molar-refractivity contribution in [1.29, 1.82) is 0 Å². The number of halogens is 1. The minimum Gasteiger partial charge on any atom is -0.507 e. The van der Waals surface area contributed by atoms with Crippen molar-refractivity contribution in [3.63, 3.8) is 0 Å². The van der Waals surface area contributed by atoms with Crippen LogP contribution in [0.25, 0.3) is 0 Å². The fourth-order valence-electron chi connectivity index (χ4n) is 1.16. The van der Waals surface area contributed by atoms with Crippen LogP contribution in [-0.4, -0.2) is 23.3 Å². The van der Waals surface area contributed by atoms with E-state index in [1.165, 1.54) is 6.07 Å². The normalized spacial score (nSPS) is 10.4. The van der Waals surface area contributed by atoms with E-state index >= 15 is 0 Å². The molecule has 0 saturated carbocycles. The zero-order valence-corrected chi connectivity index (χ0v) is 11.8. The van der Waals surface area contributed by atoms with Crippen molar-refractivity contribution in [1.82, 2.24) is 5.32 Å². The quantitative estimate of drug-likeness (QED) is 0.819. The molecule has 0 heterocycles. The number of phenols is 1. The molecular formula is C12H14INO3. The summed E-state index contributed by atoms with van der Waals surface area (Å²) < 4.78 is 0.848. The van der Waals surface area contributed by atoms with Crippen LogP contribution in [0.3, 0.4) is 0 Å². The maximum atomic E-state index is 11.7. The molecule has 0 aliphatic rings. The van der Waals surface area contributed by atoms with Crippen LogP contribution in [0.1, 0.15) is 24.2 Å². The third-order valence-electron chi connectivity index (χ3n) is 2.27. The van der Waals surface area contributed by atoms with Crippen LogP contribution in [0.5, 0.6) is 5.75 Å². The van der Waals surface area contributed by atoms with E-state index < -0.39 is 5.91 Å². The van der Waals surface area contributed by atoms with Gasteiger partial charge in [0.05, 0.1) is 12.1 Å². The van der Waals surface area contributed by atoms with Gasteiger partial charge in [0, 0.05) is 9.49 Å². The summed E-state index contributed by atoms with van der Waals surface area (Å²) in [5.74, 6) is -0.668. The highest BCUT2D eigenvalue weighted by Gasteiger charge is 2.13. The number of rotatable bonds is 4. The van der Waals surface area contributed by atoms with E-state index in [0.717, 1.165) is 3.57 Å². The van der Waals surface area contributed by atoms with Gasteiger partial charge in [-0.05, 0) is 40.8 Å². The van der Waals surface area contributed by atoms with Gasteiger partial charge in [-0.1, -0.05) is 13.8 Å². The summed E-state index contributed by atoms with van der Waals surface area (Å²) in [6.07, 6.45) is 0. The van der Waals surface area contributed by atoms with Crippen LogP contribution in [0.15, 0.2) is 18.2 Å². The number of benzene rings is 1. The molecule has 0 aromatic heterocycles. The van der Waals surface area contributed by atoms with Gasteiger partial charge in [0.15, 0.2) is 5.78 Å². The van der Waals surface area contributed by atoms with E-state index in [0.29, 0.717) is 0 Å². The number of phenolic OH excluding ortho intramolecular Hbond substituents is 1. The highest BCUT2D eigenvalue weighted by Crippen LogP contribution is 2.19. The number of hydrogen-bond donors (Lipinski definition) is 2. The fourth-order valence-corrected chi connectivity index (χ4v) is 1.65. The van der Waals surface area contributed by atoms with Crippen LogP contribution < -0.4 is 5.32 Å². The molecule has 1 aromatic carbocycles. The summed E-state index contributed by atoms with van der Waals surface area (Å²) in [5, 5.41) is 12.0. The number of carbonyl (C=O) groups excluding carboxylic acids is 2. The molecule has 2 N–H and O–H groups in total. The molecule has 0 spiro atoms. The van der Waals surface area contributed by atoms with Gasteiger partial charge >= 0.3 is 0 Å². The molecule has 0 radical (unpaired) electrons. The number of hydrogen-bond acceptors (Lipinski definition) is 3. The fraction of sp³-hybridized carbons (Fsp3) is 0.333. The van der Waals surface area contributed by atoms with Gasteiger partial charge in [0.1, 0.15) is 5.75 Å². The summed E-state index contributed by atoms with van der Waals surface area (Å²) in [5.41, 5.74) is 0.188. The van der Waals surface area contributed by atoms with Crippen molar-refractivity contribution in [2.24, 2.45) is 5.92 Å². The third-order valence-corrected chi connectivity index (χ3v) is 2.94. The van der Waals surface area contributed by atoms with E-state index in [2.05, 4.69) is 5.32 Å². The summed E-state index contributed by atoms with van der Waals surface area (Å²) in [4.78, 5) is 23.1. The standard InChI is InChI=1S/C12H14INO3/c1-7(2)11(16)6-14-12(17)9-5-8(13)3-4-10(9)15/h3-5,7,15H,6H2,1-2H3,(H,14,17). The highest BCUT2D eigenvalue weighted by molar-refractivity contribution is 14.1. The summed E-state index contributed by atoms with van der Waals surface area (Å²) in [6.45, 7) is 3.54. The maximum Gasteiger partial charge on any atom is 0.255 e. The Balaban J connectivity index is 2.70. The second-order valence-corrected chi connectivity index (χ2v) is 5.21. The smallest absolute Gasteiger partial charge is 0.255 e. The van der Waals surface area contributed by atoms with Gasteiger partial charge < -0.3 is 10.4 Å². The molecule has 1 rings (SSSR count). The van der Waals surface area contributed by atoms with Gasteiger partial charge in [-0.25, -0.2) is 0 Å². The molecule has 0 bridgehead atoms. The van der Waals surface area contributed by atoms with Crippen molar-refractivity contribution in [3.8, 4) is 5.75 Å². The molecule has 1 aromatic rings. The first-order valence-corrected chi connectivity index (χ1v) is 6.29. The second kappa shape index (κ2) is 6.00. The first kappa shape index (κ1) is 14.0. The third kappa shape index (κ3) is 3.99.